The number of alkyl halides is 1. The van der Waals surface area contributed by atoms with Gasteiger partial charge in [-0.2, -0.15) is 0 Å². The quantitative estimate of drug-likeness (QED) is 0.418. The minimum atomic E-state index is -0.0140. The van der Waals surface area contributed by atoms with Gasteiger partial charge >= 0.3 is 0 Å². The van der Waals surface area contributed by atoms with Crippen LogP contribution in [0.3, 0.4) is 0 Å². The highest BCUT2D eigenvalue weighted by Crippen LogP contribution is 2.06. The van der Waals surface area contributed by atoms with E-state index in [9.17, 15) is 0 Å². The minimum Gasteiger partial charge on any atom is -0.461 e. The van der Waals surface area contributed by atoms with Gasteiger partial charge in [-0.05, 0) is 6.07 Å². The molecule has 0 fully saturated rings. The molecule has 0 aromatic carbocycles. The Hall–Kier alpha value is -1.29. The summed E-state index contributed by atoms with van der Waals surface area (Å²) >= 11 is 5.31. The van der Waals surface area contributed by atoms with Crippen molar-refractivity contribution >= 4 is 17.4 Å². The molecule has 4 nitrogen and oxygen atoms in total. The smallest absolute Gasteiger partial charge is 0.214 e. The summed E-state index contributed by atoms with van der Waals surface area (Å²) in [6, 6.07) is 3.32. The third-order valence-electron chi connectivity index (χ3n) is 1.25. The molecule has 0 unspecified atom stereocenters. The molecular weight excluding hydrogens is 178 g/mol. The molecule has 3 N–H and O–H groups in total. The van der Waals surface area contributed by atoms with E-state index in [4.69, 9.17) is 27.5 Å². The number of rotatable bonds is 3. The van der Waals surface area contributed by atoms with Crippen molar-refractivity contribution in [1.29, 1.82) is 5.41 Å². The summed E-state index contributed by atoms with van der Waals surface area (Å²) in [6.07, 6.45) is 1.46. The second-order valence-corrected chi connectivity index (χ2v) is 2.27. The number of nitrogens with one attached hydrogen (secondary N) is 1. The molecule has 12 heavy (non-hydrogen) atoms. The van der Waals surface area contributed by atoms with Crippen LogP contribution in [0, 0.1) is 5.41 Å². The van der Waals surface area contributed by atoms with E-state index >= 15 is 0 Å². The van der Waals surface area contributed by atoms with Gasteiger partial charge in [0.15, 0.2) is 6.07 Å². The minimum absolute atomic E-state index is 0.0140. The van der Waals surface area contributed by atoms with Gasteiger partial charge in [-0.1, -0.05) is 11.6 Å². The van der Waals surface area contributed by atoms with Crippen molar-refractivity contribution in [3.63, 3.8) is 0 Å². The number of pyridine rings is 1. The number of halogens is 1. The fourth-order valence-electron chi connectivity index (χ4n) is 0.681. The highest BCUT2D eigenvalue weighted by Gasteiger charge is 1.97. The maximum absolute atomic E-state index is 7.08. The second kappa shape index (κ2) is 3.92. The molecule has 64 valence electrons. The average molecular weight is 186 g/mol. The van der Waals surface area contributed by atoms with Crippen LogP contribution in [0.4, 0.5) is 0 Å². The van der Waals surface area contributed by atoms with Gasteiger partial charge in [-0.25, -0.2) is 4.98 Å². The SMILES string of the molecule is N=C(N)c1ccc(OCCl)nc1. The Labute approximate surface area is 74.8 Å². The third kappa shape index (κ3) is 2.10. The Morgan fingerprint density at radius 3 is 2.83 bits per heavy atom. The Balaban J connectivity index is 2.78. The molecule has 0 spiro atoms. The summed E-state index contributed by atoms with van der Waals surface area (Å²) in [5.41, 5.74) is 5.78. The van der Waals surface area contributed by atoms with E-state index in [1.807, 2.05) is 0 Å². The number of nitrogen functional groups attached to an aromatic ring is 1. The maximum Gasteiger partial charge on any atom is 0.214 e. The van der Waals surface area contributed by atoms with Crippen LogP contribution in [0.25, 0.3) is 0 Å². The molecule has 0 aliphatic heterocycles. The van der Waals surface area contributed by atoms with Crippen LogP contribution in [0.15, 0.2) is 18.3 Å². The molecule has 0 atom stereocenters. The predicted molar refractivity (Wildman–Crippen MR) is 46.6 cm³/mol. The fraction of sp³-hybridized carbons (Fsp3) is 0.143. The predicted octanol–water partition coefficient (Wildman–Crippen LogP) is 0.941. The average Bonchev–Trinajstić information content (AvgIpc) is 2.06. The fourth-order valence-corrected chi connectivity index (χ4v) is 0.793. The molecule has 0 saturated carbocycles. The van der Waals surface area contributed by atoms with E-state index in [2.05, 4.69) is 4.98 Å². The molecule has 0 radical (unpaired) electrons. The summed E-state index contributed by atoms with van der Waals surface area (Å²) < 4.78 is 4.88. The standard InChI is InChI=1S/C7H8ClN3O/c8-4-12-6-2-1-5(3-11-6)7(9)10/h1-3H,4H2,(H3,9,10). The van der Waals surface area contributed by atoms with Crippen LogP contribution in [-0.4, -0.2) is 16.9 Å². The second-order valence-electron chi connectivity index (χ2n) is 2.05. The molecule has 1 heterocycles. The molecule has 0 bridgehead atoms. The van der Waals surface area contributed by atoms with E-state index in [1.54, 1.807) is 12.1 Å². The van der Waals surface area contributed by atoms with Crippen molar-refractivity contribution < 1.29 is 4.74 Å². The summed E-state index contributed by atoms with van der Waals surface area (Å²) in [5.74, 6) is 0.412. The molecule has 0 aliphatic carbocycles. The van der Waals surface area contributed by atoms with Crippen LogP contribution in [0.1, 0.15) is 5.56 Å². The van der Waals surface area contributed by atoms with Gasteiger partial charge in [0.05, 0.1) is 0 Å². The largest absolute Gasteiger partial charge is 0.461 e. The van der Waals surface area contributed by atoms with Gasteiger partial charge in [0, 0.05) is 17.8 Å². The summed E-state index contributed by atoms with van der Waals surface area (Å²) in [5, 5.41) is 7.08. The molecular formula is C7H8ClN3O. The first kappa shape index (κ1) is 8.80. The normalized spacial score (nSPS) is 9.42. The van der Waals surface area contributed by atoms with E-state index < -0.39 is 0 Å². The topological polar surface area (TPSA) is 72.0 Å². The lowest BCUT2D eigenvalue weighted by atomic mass is 10.3. The number of amidine groups is 1. The molecule has 0 aliphatic rings. The zero-order valence-electron chi connectivity index (χ0n) is 6.25. The van der Waals surface area contributed by atoms with E-state index in [1.165, 1.54) is 6.20 Å². The number of hydrogen-bond donors (Lipinski definition) is 2. The molecule has 1 rings (SSSR count). The first-order valence-corrected chi connectivity index (χ1v) is 3.76. The van der Waals surface area contributed by atoms with Gasteiger partial charge in [-0.15, -0.1) is 0 Å². The lowest BCUT2D eigenvalue weighted by molar-refractivity contribution is 0.372. The zero-order chi connectivity index (χ0) is 8.97. The lowest BCUT2D eigenvalue weighted by Crippen LogP contribution is -2.11. The summed E-state index contributed by atoms with van der Waals surface area (Å²) in [7, 11) is 0. The Morgan fingerprint density at radius 2 is 2.42 bits per heavy atom. The number of nitrogens with zero attached hydrogens (tertiary/aromatic N) is 1. The molecule has 0 amide bonds. The monoisotopic (exact) mass is 185 g/mol. The van der Waals surface area contributed by atoms with Gasteiger partial charge in [0.1, 0.15) is 5.84 Å². The van der Waals surface area contributed by atoms with E-state index in [0.717, 1.165) is 0 Å². The molecule has 1 aromatic rings. The van der Waals surface area contributed by atoms with Crippen molar-refractivity contribution in [3.8, 4) is 5.88 Å². The van der Waals surface area contributed by atoms with E-state index in [0.29, 0.717) is 11.4 Å². The number of ether oxygens (including phenoxy) is 1. The van der Waals surface area contributed by atoms with Crippen LogP contribution in [-0.2, 0) is 0 Å². The van der Waals surface area contributed by atoms with Crippen LogP contribution < -0.4 is 10.5 Å². The Kier molecular flexibility index (Phi) is 2.88. The number of aromatic nitrogens is 1. The van der Waals surface area contributed by atoms with Crippen molar-refractivity contribution in [2.75, 3.05) is 6.07 Å². The van der Waals surface area contributed by atoms with Gasteiger partial charge in [-0.3, -0.25) is 5.41 Å². The molecule has 0 saturated heterocycles. The number of hydrogen-bond acceptors (Lipinski definition) is 3. The van der Waals surface area contributed by atoms with Crippen molar-refractivity contribution in [2.45, 2.75) is 0 Å². The summed E-state index contributed by atoms with van der Waals surface area (Å²) in [4.78, 5) is 3.86. The van der Waals surface area contributed by atoms with Gasteiger partial charge in [0.2, 0.25) is 5.88 Å². The highest BCUT2D eigenvalue weighted by atomic mass is 35.5. The van der Waals surface area contributed by atoms with Crippen molar-refractivity contribution in [1.82, 2.24) is 4.98 Å². The molecule has 5 heteroatoms. The lowest BCUT2D eigenvalue weighted by Gasteiger charge is -2.00. The van der Waals surface area contributed by atoms with Gasteiger partial charge < -0.3 is 10.5 Å². The maximum atomic E-state index is 7.08. The Bertz CT molecular complexity index is 272. The summed E-state index contributed by atoms with van der Waals surface area (Å²) in [6.45, 7) is 0. The van der Waals surface area contributed by atoms with Crippen LogP contribution in [0.2, 0.25) is 0 Å². The van der Waals surface area contributed by atoms with Crippen LogP contribution >= 0.6 is 11.6 Å². The Morgan fingerprint density at radius 1 is 1.67 bits per heavy atom. The van der Waals surface area contributed by atoms with Crippen molar-refractivity contribution in [2.24, 2.45) is 5.73 Å². The number of nitrogens with two attached hydrogens (primary N) is 1. The van der Waals surface area contributed by atoms with Crippen LogP contribution in [0.5, 0.6) is 5.88 Å². The first-order valence-electron chi connectivity index (χ1n) is 3.23. The van der Waals surface area contributed by atoms with Crippen molar-refractivity contribution in [3.05, 3.63) is 23.9 Å². The van der Waals surface area contributed by atoms with E-state index in [-0.39, 0.29) is 11.9 Å². The molecule has 1 aromatic heterocycles. The highest BCUT2D eigenvalue weighted by molar-refractivity contribution is 6.17. The first-order chi connectivity index (χ1) is 5.74. The van der Waals surface area contributed by atoms with Gasteiger partial charge in [0.25, 0.3) is 0 Å². The zero-order valence-corrected chi connectivity index (χ0v) is 7.01. The third-order valence-corrected chi connectivity index (χ3v) is 1.36.